The van der Waals surface area contributed by atoms with E-state index in [4.69, 9.17) is 14.6 Å². The molecule has 0 aromatic heterocycles. The Morgan fingerprint density at radius 3 is 2.07 bits per heavy atom. The maximum atomic E-state index is 13.9. The summed E-state index contributed by atoms with van der Waals surface area (Å²) in [5.41, 5.74) is 1.39. The van der Waals surface area contributed by atoms with Crippen LogP contribution in [0.25, 0.3) is 11.1 Å². The fourth-order valence-corrected chi connectivity index (χ4v) is 2.61. The molecule has 0 aliphatic carbocycles. The average molecular weight is 374 g/mol. The predicted octanol–water partition coefficient (Wildman–Crippen LogP) is 4.85. The third-order valence-corrected chi connectivity index (χ3v) is 4.15. The van der Waals surface area contributed by atoms with Crippen LogP contribution in [-0.2, 0) is 13.2 Å². The molecule has 0 bridgehead atoms. The standard InChI is InChI=1S/C21H17F3O3/c1-26-19-9-6-14(10-18(19)22)13-4-7-17(8-5-13)27-12-16-3-2-15(11-25)20(23)21(16)24/h2-10,25H,11-12H2,1H3. The molecule has 3 rings (SSSR count). The van der Waals surface area contributed by atoms with Crippen LogP contribution in [0.1, 0.15) is 11.1 Å². The molecular formula is C21H17F3O3. The van der Waals surface area contributed by atoms with Crippen LogP contribution in [0, 0.1) is 17.5 Å². The summed E-state index contributed by atoms with van der Waals surface area (Å²) in [5, 5.41) is 8.94. The van der Waals surface area contributed by atoms with Crippen molar-refractivity contribution in [3.8, 4) is 22.6 Å². The number of aliphatic hydroxyl groups is 1. The number of hydrogen-bond donors (Lipinski definition) is 1. The van der Waals surface area contributed by atoms with Crippen LogP contribution in [0.4, 0.5) is 13.2 Å². The van der Waals surface area contributed by atoms with E-state index in [-0.39, 0.29) is 23.5 Å². The highest BCUT2D eigenvalue weighted by Gasteiger charge is 2.13. The topological polar surface area (TPSA) is 38.7 Å². The van der Waals surface area contributed by atoms with Crippen molar-refractivity contribution >= 4 is 0 Å². The van der Waals surface area contributed by atoms with Crippen molar-refractivity contribution in [1.82, 2.24) is 0 Å². The van der Waals surface area contributed by atoms with Gasteiger partial charge in [0.2, 0.25) is 0 Å². The minimum absolute atomic E-state index is 0.0472. The van der Waals surface area contributed by atoms with Crippen LogP contribution in [0.3, 0.4) is 0 Å². The second-order valence-electron chi connectivity index (χ2n) is 5.83. The summed E-state index contributed by atoms with van der Waals surface area (Å²) >= 11 is 0. The van der Waals surface area contributed by atoms with Crippen LogP contribution in [0.5, 0.6) is 11.5 Å². The zero-order valence-corrected chi connectivity index (χ0v) is 14.5. The van der Waals surface area contributed by atoms with Gasteiger partial charge < -0.3 is 14.6 Å². The lowest BCUT2D eigenvalue weighted by atomic mass is 10.1. The number of aliphatic hydroxyl groups excluding tert-OH is 1. The lowest BCUT2D eigenvalue weighted by Crippen LogP contribution is -2.03. The van der Waals surface area contributed by atoms with Gasteiger partial charge in [-0.2, -0.15) is 0 Å². The lowest BCUT2D eigenvalue weighted by Gasteiger charge is -2.10. The molecule has 3 aromatic rings. The molecule has 0 spiro atoms. The van der Waals surface area contributed by atoms with E-state index >= 15 is 0 Å². The number of halogens is 3. The van der Waals surface area contributed by atoms with Crippen LogP contribution in [0.2, 0.25) is 0 Å². The van der Waals surface area contributed by atoms with Crippen molar-refractivity contribution in [3.05, 3.63) is 83.2 Å². The van der Waals surface area contributed by atoms with Crippen molar-refractivity contribution in [3.63, 3.8) is 0 Å². The molecule has 0 unspecified atom stereocenters. The Labute approximate surface area is 154 Å². The normalized spacial score (nSPS) is 10.7. The number of hydrogen-bond acceptors (Lipinski definition) is 3. The quantitative estimate of drug-likeness (QED) is 0.670. The molecule has 0 heterocycles. The third kappa shape index (κ3) is 4.06. The number of ether oxygens (including phenoxy) is 2. The monoisotopic (exact) mass is 374 g/mol. The van der Waals surface area contributed by atoms with Crippen molar-refractivity contribution < 1.29 is 27.8 Å². The molecule has 0 aliphatic rings. The Balaban J connectivity index is 1.71. The molecular weight excluding hydrogens is 357 g/mol. The van der Waals surface area contributed by atoms with Gasteiger partial charge in [-0.3, -0.25) is 0 Å². The van der Waals surface area contributed by atoms with Gasteiger partial charge >= 0.3 is 0 Å². The number of benzene rings is 3. The average Bonchev–Trinajstić information content (AvgIpc) is 2.69. The first-order valence-corrected chi connectivity index (χ1v) is 8.17. The molecule has 0 fully saturated rings. The Hall–Kier alpha value is -2.99. The molecule has 0 aliphatic heterocycles. The van der Waals surface area contributed by atoms with Crippen molar-refractivity contribution in [1.29, 1.82) is 0 Å². The summed E-state index contributed by atoms with van der Waals surface area (Å²) in [7, 11) is 1.40. The van der Waals surface area contributed by atoms with Gasteiger partial charge in [0, 0.05) is 11.1 Å². The maximum absolute atomic E-state index is 13.9. The van der Waals surface area contributed by atoms with E-state index in [9.17, 15) is 13.2 Å². The Kier molecular flexibility index (Phi) is 5.66. The van der Waals surface area contributed by atoms with Gasteiger partial charge in [0.25, 0.3) is 0 Å². The van der Waals surface area contributed by atoms with Crippen LogP contribution >= 0.6 is 0 Å². The SMILES string of the molecule is COc1ccc(-c2ccc(OCc3ccc(CO)c(F)c3F)cc2)cc1F. The second kappa shape index (κ2) is 8.14. The van der Waals surface area contributed by atoms with Gasteiger partial charge in [-0.05, 0) is 35.4 Å². The number of methoxy groups -OCH3 is 1. The Morgan fingerprint density at radius 1 is 0.815 bits per heavy atom. The summed E-state index contributed by atoms with van der Waals surface area (Å²) in [5.74, 6) is -1.94. The van der Waals surface area contributed by atoms with E-state index < -0.39 is 24.1 Å². The molecule has 6 heteroatoms. The molecule has 0 atom stereocenters. The zero-order valence-electron chi connectivity index (χ0n) is 14.5. The molecule has 3 aromatic carbocycles. The number of rotatable bonds is 6. The molecule has 0 amide bonds. The summed E-state index contributed by atoms with van der Waals surface area (Å²) in [6.07, 6.45) is 0. The lowest BCUT2D eigenvalue weighted by molar-refractivity contribution is 0.270. The minimum atomic E-state index is -1.07. The summed E-state index contributed by atoms with van der Waals surface area (Å²) < 4.78 is 51.8. The Morgan fingerprint density at radius 2 is 1.44 bits per heavy atom. The Bertz CT molecular complexity index is 940. The van der Waals surface area contributed by atoms with Gasteiger partial charge in [0.1, 0.15) is 12.4 Å². The fourth-order valence-electron chi connectivity index (χ4n) is 2.61. The highest BCUT2D eigenvalue weighted by Crippen LogP contribution is 2.27. The van der Waals surface area contributed by atoms with Crippen molar-refractivity contribution in [2.45, 2.75) is 13.2 Å². The van der Waals surface area contributed by atoms with E-state index in [1.807, 2.05) is 0 Å². The summed E-state index contributed by atoms with van der Waals surface area (Å²) in [6, 6.07) is 14.1. The first kappa shape index (κ1) is 18.8. The largest absolute Gasteiger partial charge is 0.494 e. The zero-order chi connectivity index (χ0) is 19.4. The smallest absolute Gasteiger partial charge is 0.165 e. The maximum Gasteiger partial charge on any atom is 0.165 e. The van der Waals surface area contributed by atoms with Crippen molar-refractivity contribution in [2.75, 3.05) is 7.11 Å². The van der Waals surface area contributed by atoms with E-state index in [2.05, 4.69) is 0 Å². The minimum Gasteiger partial charge on any atom is -0.494 e. The van der Waals surface area contributed by atoms with Crippen LogP contribution < -0.4 is 9.47 Å². The highest BCUT2D eigenvalue weighted by molar-refractivity contribution is 5.65. The highest BCUT2D eigenvalue weighted by atomic mass is 19.2. The summed E-state index contributed by atoms with van der Waals surface area (Å²) in [4.78, 5) is 0. The molecule has 0 saturated carbocycles. The van der Waals surface area contributed by atoms with Crippen LogP contribution in [-0.4, -0.2) is 12.2 Å². The van der Waals surface area contributed by atoms with E-state index in [0.717, 1.165) is 5.56 Å². The van der Waals surface area contributed by atoms with E-state index in [1.54, 1.807) is 36.4 Å². The van der Waals surface area contributed by atoms with Gasteiger partial charge in [-0.1, -0.05) is 30.3 Å². The first-order chi connectivity index (χ1) is 13.0. The fraction of sp³-hybridized carbons (Fsp3) is 0.143. The van der Waals surface area contributed by atoms with Crippen molar-refractivity contribution in [2.24, 2.45) is 0 Å². The predicted molar refractivity (Wildman–Crippen MR) is 95.0 cm³/mol. The van der Waals surface area contributed by atoms with Gasteiger partial charge in [0.05, 0.1) is 13.7 Å². The molecule has 1 N–H and O–H groups in total. The molecule has 3 nitrogen and oxygen atoms in total. The molecule has 140 valence electrons. The first-order valence-electron chi connectivity index (χ1n) is 8.17. The molecule has 27 heavy (non-hydrogen) atoms. The molecule has 0 saturated heterocycles. The molecule has 0 radical (unpaired) electrons. The van der Waals surface area contributed by atoms with Gasteiger partial charge in [0.15, 0.2) is 23.2 Å². The summed E-state index contributed by atoms with van der Waals surface area (Å²) in [6.45, 7) is -0.734. The van der Waals surface area contributed by atoms with E-state index in [1.165, 1.54) is 25.3 Å². The second-order valence-corrected chi connectivity index (χ2v) is 5.83. The van der Waals surface area contributed by atoms with Gasteiger partial charge in [-0.15, -0.1) is 0 Å². The van der Waals surface area contributed by atoms with Gasteiger partial charge in [-0.25, -0.2) is 13.2 Å². The van der Waals surface area contributed by atoms with E-state index in [0.29, 0.717) is 11.3 Å². The van der Waals surface area contributed by atoms with Crippen LogP contribution in [0.15, 0.2) is 54.6 Å². The third-order valence-electron chi connectivity index (χ3n) is 4.15.